The van der Waals surface area contributed by atoms with Gasteiger partial charge in [0.15, 0.2) is 5.82 Å². The Morgan fingerprint density at radius 3 is 2.81 bits per heavy atom. The number of carbonyl (C=O) groups excluding carboxylic acids is 1. The molecule has 1 aliphatic rings. The van der Waals surface area contributed by atoms with Crippen LogP contribution >= 0.6 is 0 Å². The molecule has 0 bridgehead atoms. The predicted octanol–water partition coefficient (Wildman–Crippen LogP) is 3.01. The number of halogens is 1. The van der Waals surface area contributed by atoms with Gasteiger partial charge < -0.3 is 15.0 Å². The zero-order valence-electron chi connectivity index (χ0n) is 14.5. The van der Waals surface area contributed by atoms with Crippen LogP contribution in [0.25, 0.3) is 5.82 Å². The second-order valence-electron chi connectivity index (χ2n) is 6.11. The molecule has 1 N–H and O–H groups in total. The largest absolute Gasteiger partial charge is 0.370 e. The number of urea groups is 1. The summed E-state index contributed by atoms with van der Waals surface area (Å²) in [5.41, 5.74) is 1.41. The number of ether oxygens (including phenoxy) is 1. The molecule has 2 amide bonds. The van der Waals surface area contributed by atoms with Crippen LogP contribution in [0.5, 0.6) is 0 Å². The number of carbonyl (C=O) groups is 1. The number of nitrogens with zero attached hydrogens (tertiary/aromatic N) is 4. The molecule has 1 aromatic carbocycles. The third-order valence-electron chi connectivity index (χ3n) is 4.35. The summed E-state index contributed by atoms with van der Waals surface area (Å²) in [4.78, 5) is 18.7. The Morgan fingerprint density at radius 1 is 1.19 bits per heavy atom. The molecule has 0 radical (unpaired) electrons. The van der Waals surface area contributed by atoms with Gasteiger partial charge in [0.25, 0.3) is 0 Å². The van der Waals surface area contributed by atoms with E-state index in [1.165, 1.54) is 12.1 Å². The van der Waals surface area contributed by atoms with Crippen LogP contribution in [-0.2, 0) is 4.74 Å². The lowest BCUT2D eigenvalue weighted by molar-refractivity contribution is -0.0135. The minimum Gasteiger partial charge on any atom is -0.370 e. The number of aromatic nitrogens is 3. The number of benzene rings is 1. The molecular formula is C19H18FN5O2. The average molecular weight is 367 g/mol. The van der Waals surface area contributed by atoms with Crippen molar-refractivity contribution in [1.29, 1.82) is 0 Å². The summed E-state index contributed by atoms with van der Waals surface area (Å²) in [6.45, 7) is 1.27. The van der Waals surface area contributed by atoms with E-state index in [0.717, 1.165) is 5.56 Å². The Morgan fingerprint density at radius 2 is 2.04 bits per heavy atom. The molecule has 7 nitrogen and oxygen atoms in total. The first-order valence-electron chi connectivity index (χ1n) is 8.59. The van der Waals surface area contributed by atoms with Crippen molar-refractivity contribution >= 4 is 11.7 Å². The van der Waals surface area contributed by atoms with Gasteiger partial charge in [-0.05, 0) is 35.9 Å². The topological polar surface area (TPSA) is 72.3 Å². The van der Waals surface area contributed by atoms with E-state index in [4.69, 9.17) is 4.74 Å². The Hall–Kier alpha value is -3.26. The molecule has 0 saturated carbocycles. The molecule has 1 fully saturated rings. The second kappa shape index (κ2) is 7.55. The van der Waals surface area contributed by atoms with Crippen molar-refractivity contribution in [2.75, 3.05) is 25.0 Å². The smallest absolute Gasteiger partial charge is 0.322 e. The van der Waals surface area contributed by atoms with E-state index in [2.05, 4.69) is 15.4 Å². The van der Waals surface area contributed by atoms with E-state index in [0.29, 0.717) is 31.2 Å². The van der Waals surface area contributed by atoms with Crippen LogP contribution in [0, 0.1) is 5.82 Å². The van der Waals surface area contributed by atoms with Gasteiger partial charge in [-0.1, -0.05) is 12.1 Å². The maximum absolute atomic E-state index is 13.1. The number of anilines is 1. The standard InChI is InChI=1S/C19H18FN5O2/c20-15-6-4-14(5-7-15)17-13-24(11-12-27-17)19(26)23-16-3-1-8-21-18(16)25-10-2-9-22-25/h1-10,17H,11-13H2,(H,23,26)/t17-/m0/s1. The van der Waals surface area contributed by atoms with Crippen molar-refractivity contribution in [1.82, 2.24) is 19.7 Å². The highest BCUT2D eigenvalue weighted by atomic mass is 19.1. The number of nitrogens with one attached hydrogen (secondary N) is 1. The van der Waals surface area contributed by atoms with Gasteiger partial charge in [0.2, 0.25) is 0 Å². The molecule has 138 valence electrons. The van der Waals surface area contributed by atoms with Gasteiger partial charge in [-0.3, -0.25) is 0 Å². The quantitative estimate of drug-likeness (QED) is 0.772. The predicted molar refractivity (Wildman–Crippen MR) is 97.0 cm³/mol. The fourth-order valence-corrected chi connectivity index (χ4v) is 2.98. The van der Waals surface area contributed by atoms with Crippen molar-refractivity contribution in [2.45, 2.75) is 6.10 Å². The molecule has 2 aromatic heterocycles. The molecule has 1 saturated heterocycles. The number of hydrogen-bond donors (Lipinski definition) is 1. The minimum absolute atomic E-state index is 0.244. The van der Waals surface area contributed by atoms with Crippen molar-refractivity contribution in [3.05, 3.63) is 72.4 Å². The van der Waals surface area contributed by atoms with Crippen LogP contribution in [0.4, 0.5) is 14.9 Å². The summed E-state index contributed by atoms with van der Waals surface area (Å²) in [6, 6.07) is 11.2. The first-order chi connectivity index (χ1) is 13.2. The van der Waals surface area contributed by atoms with Crippen molar-refractivity contribution in [2.24, 2.45) is 0 Å². The number of morpholine rings is 1. The highest BCUT2D eigenvalue weighted by molar-refractivity contribution is 5.91. The highest BCUT2D eigenvalue weighted by Crippen LogP contribution is 2.24. The van der Waals surface area contributed by atoms with E-state index in [1.54, 1.807) is 58.5 Å². The third kappa shape index (κ3) is 3.80. The summed E-state index contributed by atoms with van der Waals surface area (Å²) >= 11 is 0. The molecular weight excluding hydrogens is 349 g/mol. The second-order valence-corrected chi connectivity index (χ2v) is 6.11. The molecule has 27 heavy (non-hydrogen) atoms. The van der Waals surface area contributed by atoms with Gasteiger partial charge in [0, 0.05) is 25.1 Å². The number of pyridine rings is 1. The summed E-state index contributed by atoms with van der Waals surface area (Å²) in [5.74, 6) is 0.242. The van der Waals surface area contributed by atoms with Gasteiger partial charge in [0.05, 0.1) is 18.8 Å². The van der Waals surface area contributed by atoms with Gasteiger partial charge >= 0.3 is 6.03 Å². The SMILES string of the molecule is O=C(Nc1cccnc1-n1cccn1)N1CCO[C@H](c2ccc(F)cc2)C1. The first-order valence-corrected chi connectivity index (χ1v) is 8.59. The summed E-state index contributed by atoms with van der Waals surface area (Å²) in [7, 11) is 0. The van der Waals surface area contributed by atoms with Crippen LogP contribution < -0.4 is 5.32 Å². The van der Waals surface area contributed by atoms with Gasteiger partial charge in [-0.25, -0.2) is 18.9 Å². The van der Waals surface area contributed by atoms with E-state index < -0.39 is 0 Å². The molecule has 1 aliphatic heterocycles. The zero-order chi connectivity index (χ0) is 18.6. The van der Waals surface area contributed by atoms with Crippen LogP contribution in [0.15, 0.2) is 61.1 Å². The van der Waals surface area contributed by atoms with Crippen LogP contribution in [0.1, 0.15) is 11.7 Å². The number of amides is 2. The third-order valence-corrected chi connectivity index (χ3v) is 4.35. The highest BCUT2D eigenvalue weighted by Gasteiger charge is 2.26. The Labute approximate surface area is 155 Å². The van der Waals surface area contributed by atoms with E-state index in [9.17, 15) is 9.18 Å². The fourth-order valence-electron chi connectivity index (χ4n) is 2.98. The lowest BCUT2D eigenvalue weighted by atomic mass is 10.1. The molecule has 0 spiro atoms. The normalized spacial score (nSPS) is 16.9. The van der Waals surface area contributed by atoms with Gasteiger partial charge in [-0.15, -0.1) is 0 Å². The lowest BCUT2D eigenvalue weighted by Gasteiger charge is -2.33. The Kier molecular flexibility index (Phi) is 4.80. The van der Waals surface area contributed by atoms with Gasteiger partial charge in [0.1, 0.15) is 11.9 Å². The lowest BCUT2D eigenvalue weighted by Crippen LogP contribution is -2.44. The fraction of sp³-hybridized carbons (Fsp3) is 0.211. The molecule has 1 atom stereocenters. The maximum Gasteiger partial charge on any atom is 0.322 e. The van der Waals surface area contributed by atoms with E-state index in [-0.39, 0.29) is 18.0 Å². The molecule has 3 heterocycles. The summed E-state index contributed by atoms with van der Waals surface area (Å²) < 4.78 is 20.5. The molecule has 4 rings (SSSR count). The first kappa shape index (κ1) is 17.2. The molecule has 0 aliphatic carbocycles. The van der Waals surface area contributed by atoms with E-state index in [1.807, 2.05) is 0 Å². The van der Waals surface area contributed by atoms with Crippen LogP contribution in [0.3, 0.4) is 0 Å². The van der Waals surface area contributed by atoms with Crippen molar-refractivity contribution < 1.29 is 13.9 Å². The molecule has 0 unspecified atom stereocenters. The Balaban J connectivity index is 1.48. The average Bonchev–Trinajstić information content (AvgIpc) is 3.24. The minimum atomic E-state index is -0.299. The monoisotopic (exact) mass is 367 g/mol. The number of hydrogen-bond acceptors (Lipinski definition) is 4. The molecule has 3 aromatic rings. The summed E-state index contributed by atoms with van der Waals surface area (Å²) in [5, 5.41) is 7.06. The Bertz CT molecular complexity index is 914. The maximum atomic E-state index is 13.1. The van der Waals surface area contributed by atoms with Crippen molar-refractivity contribution in [3.8, 4) is 5.82 Å². The number of rotatable bonds is 3. The van der Waals surface area contributed by atoms with Crippen LogP contribution in [0.2, 0.25) is 0 Å². The summed E-state index contributed by atoms with van der Waals surface area (Å²) in [6.07, 6.45) is 4.77. The molecule has 8 heteroatoms. The van der Waals surface area contributed by atoms with E-state index >= 15 is 0 Å². The van der Waals surface area contributed by atoms with Gasteiger partial charge in [-0.2, -0.15) is 5.10 Å². The van der Waals surface area contributed by atoms with Crippen LogP contribution in [-0.4, -0.2) is 45.4 Å². The zero-order valence-corrected chi connectivity index (χ0v) is 14.5. The van der Waals surface area contributed by atoms with Crippen molar-refractivity contribution in [3.63, 3.8) is 0 Å².